The lowest BCUT2D eigenvalue weighted by Crippen LogP contribution is -2.43. The summed E-state index contributed by atoms with van der Waals surface area (Å²) in [5, 5.41) is 7.93. The van der Waals surface area contributed by atoms with Crippen LogP contribution >= 0.6 is 0 Å². The van der Waals surface area contributed by atoms with Crippen molar-refractivity contribution in [3.05, 3.63) is 30.0 Å². The molecule has 0 unspecified atom stereocenters. The molecule has 0 radical (unpaired) electrons. The zero-order valence-corrected chi connectivity index (χ0v) is 12.7. The van der Waals surface area contributed by atoms with Crippen LogP contribution in [0.2, 0.25) is 0 Å². The van der Waals surface area contributed by atoms with Crippen LogP contribution in [0.15, 0.2) is 24.4 Å². The largest absolute Gasteiger partial charge is 0.279 e. The molecule has 7 heteroatoms. The molecule has 21 heavy (non-hydrogen) atoms. The van der Waals surface area contributed by atoms with E-state index in [1.165, 1.54) is 0 Å². The van der Waals surface area contributed by atoms with Crippen LogP contribution in [0.1, 0.15) is 24.8 Å². The molecule has 2 heterocycles. The van der Waals surface area contributed by atoms with Crippen molar-refractivity contribution in [2.45, 2.75) is 25.7 Å². The summed E-state index contributed by atoms with van der Waals surface area (Å²) < 4.78 is 28.5. The Hall–Kier alpha value is -1.44. The number of hydrogen-bond acceptors (Lipinski definition) is 3. The molecule has 1 aliphatic rings. The van der Waals surface area contributed by atoms with Crippen molar-refractivity contribution in [3.8, 4) is 0 Å². The number of piperidine rings is 1. The highest BCUT2D eigenvalue weighted by atomic mass is 32.2. The topological polar surface area (TPSA) is 78.1 Å². The smallest absolute Gasteiger partial charge is 0.278 e. The Bertz CT molecular complexity index is 705. The number of fused-ring (bicyclic) bond motifs is 1. The van der Waals surface area contributed by atoms with E-state index in [-0.39, 0.29) is 0 Å². The molecule has 0 atom stereocenters. The van der Waals surface area contributed by atoms with Gasteiger partial charge in [-0.15, -0.1) is 0 Å². The molecule has 0 amide bonds. The van der Waals surface area contributed by atoms with Crippen LogP contribution in [0.3, 0.4) is 0 Å². The van der Waals surface area contributed by atoms with E-state index in [9.17, 15) is 8.42 Å². The molecule has 0 bridgehead atoms. The normalized spacial score (nSPS) is 17.3. The minimum Gasteiger partial charge on any atom is -0.278 e. The molecule has 114 valence electrons. The predicted octanol–water partition coefficient (Wildman–Crippen LogP) is 1.43. The van der Waals surface area contributed by atoms with Crippen molar-refractivity contribution in [2.75, 3.05) is 19.6 Å². The average molecular weight is 308 g/mol. The van der Waals surface area contributed by atoms with Crippen molar-refractivity contribution >= 4 is 21.1 Å². The van der Waals surface area contributed by atoms with Gasteiger partial charge in [0, 0.05) is 25.0 Å². The summed E-state index contributed by atoms with van der Waals surface area (Å²) in [6, 6.07) is 6.00. The molecule has 2 aromatic rings. The van der Waals surface area contributed by atoms with Gasteiger partial charge in [0.1, 0.15) is 0 Å². The SMILES string of the molecule is O=S(=O)(NCCc1ccc2[nH]ncc2c1)N1CCCCC1. The fourth-order valence-electron chi connectivity index (χ4n) is 2.67. The van der Waals surface area contributed by atoms with Gasteiger partial charge in [-0.25, -0.2) is 4.72 Å². The number of benzene rings is 1. The van der Waals surface area contributed by atoms with E-state index in [0.717, 1.165) is 35.7 Å². The molecule has 1 saturated heterocycles. The molecule has 1 aromatic carbocycles. The summed E-state index contributed by atoms with van der Waals surface area (Å²) in [5.74, 6) is 0. The Kier molecular flexibility index (Phi) is 4.23. The molecular formula is C14H20N4O2S. The van der Waals surface area contributed by atoms with Gasteiger partial charge in [-0.05, 0) is 37.0 Å². The Morgan fingerprint density at radius 2 is 2.05 bits per heavy atom. The second-order valence-electron chi connectivity index (χ2n) is 5.40. The number of hydrogen-bond donors (Lipinski definition) is 2. The lowest BCUT2D eigenvalue weighted by Gasteiger charge is -2.25. The minimum atomic E-state index is -3.32. The van der Waals surface area contributed by atoms with E-state index in [2.05, 4.69) is 14.9 Å². The Morgan fingerprint density at radius 3 is 2.86 bits per heavy atom. The monoisotopic (exact) mass is 308 g/mol. The number of rotatable bonds is 5. The summed E-state index contributed by atoms with van der Waals surface area (Å²) in [6.07, 6.45) is 5.48. The number of nitrogens with one attached hydrogen (secondary N) is 2. The minimum absolute atomic E-state index is 0.419. The predicted molar refractivity (Wildman–Crippen MR) is 82.1 cm³/mol. The number of nitrogens with zero attached hydrogens (tertiary/aromatic N) is 2. The number of H-pyrrole nitrogens is 1. The molecule has 1 aliphatic heterocycles. The van der Waals surface area contributed by atoms with Gasteiger partial charge in [0.2, 0.25) is 0 Å². The van der Waals surface area contributed by atoms with E-state index < -0.39 is 10.2 Å². The van der Waals surface area contributed by atoms with E-state index in [1.807, 2.05) is 18.2 Å². The third-order valence-electron chi connectivity index (χ3n) is 3.86. The number of aromatic nitrogens is 2. The first kappa shape index (κ1) is 14.5. The molecule has 1 fully saturated rings. The van der Waals surface area contributed by atoms with Crippen LogP contribution in [0, 0.1) is 0 Å². The van der Waals surface area contributed by atoms with Crippen LogP contribution in [0.25, 0.3) is 10.9 Å². The molecule has 3 rings (SSSR count). The van der Waals surface area contributed by atoms with Crippen LogP contribution in [0.4, 0.5) is 0 Å². The third-order valence-corrected chi connectivity index (χ3v) is 5.47. The summed E-state index contributed by atoms with van der Waals surface area (Å²) in [6.45, 7) is 1.69. The molecular weight excluding hydrogens is 288 g/mol. The van der Waals surface area contributed by atoms with E-state index >= 15 is 0 Å². The highest BCUT2D eigenvalue weighted by Gasteiger charge is 2.22. The first-order valence-electron chi connectivity index (χ1n) is 7.32. The van der Waals surface area contributed by atoms with Crippen LogP contribution in [-0.2, 0) is 16.6 Å². The number of aromatic amines is 1. The van der Waals surface area contributed by atoms with Crippen molar-refractivity contribution in [1.29, 1.82) is 0 Å². The van der Waals surface area contributed by atoms with E-state index in [1.54, 1.807) is 10.5 Å². The van der Waals surface area contributed by atoms with Crippen LogP contribution < -0.4 is 4.72 Å². The molecule has 0 spiro atoms. The zero-order valence-electron chi connectivity index (χ0n) is 11.9. The van der Waals surface area contributed by atoms with E-state index in [4.69, 9.17) is 0 Å². The van der Waals surface area contributed by atoms with Crippen molar-refractivity contribution in [1.82, 2.24) is 19.2 Å². The lowest BCUT2D eigenvalue weighted by molar-refractivity contribution is 0.342. The summed E-state index contributed by atoms with van der Waals surface area (Å²) in [4.78, 5) is 0. The van der Waals surface area contributed by atoms with Gasteiger partial charge in [0.05, 0.1) is 11.7 Å². The summed E-state index contributed by atoms with van der Waals surface area (Å²) >= 11 is 0. The molecule has 2 N–H and O–H groups in total. The van der Waals surface area contributed by atoms with Gasteiger partial charge in [-0.3, -0.25) is 5.10 Å². The highest BCUT2D eigenvalue weighted by molar-refractivity contribution is 7.87. The van der Waals surface area contributed by atoms with Crippen molar-refractivity contribution in [2.24, 2.45) is 0 Å². The molecule has 6 nitrogen and oxygen atoms in total. The van der Waals surface area contributed by atoms with Gasteiger partial charge in [-0.1, -0.05) is 12.5 Å². The van der Waals surface area contributed by atoms with Gasteiger partial charge in [0.25, 0.3) is 10.2 Å². The fourth-order valence-corrected chi connectivity index (χ4v) is 3.95. The highest BCUT2D eigenvalue weighted by Crippen LogP contribution is 2.14. The molecule has 0 aliphatic carbocycles. The first-order valence-corrected chi connectivity index (χ1v) is 8.76. The van der Waals surface area contributed by atoms with Crippen molar-refractivity contribution in [3.63, 3.8) is 0 Å². The first-order chi connectivity index (χ1) is 10.1. The van der Waals surface area contributed by atoms with E-state index in [0.29, 0.717) is 26.1 Å². The van der Waals surface area contributed by atoms with Crippen molar-refractivity contribution < 1.29 is 8.42 Å². The second kappa shape index (κ2) is 6.13. The zero-order chi connectivity index (χ0) is 14.7. The van der Waals surface area contributed by atoms with Crippen LogP contribution in [0.5, 0.6) is 0 Å². The van der Waals surface area contributed by atoms with Gasteiger partial charge < -0.3 is 0 Å². The standard InChI is InChI=1S/C14H20N4O2S/c19-21(20,18-8-2-1-3-9-18)16-7-6-12-4-5-14-13(10-12)11-15-17-14/h4-5,10-11,16H,1-3,6-9H2,(H,15,17). The van der Waals surface area contributed by atoms with Crippen LogP contribution in [-0.4, -0.2) is 42.6 Å². The fraction of sp³-hybridized carbons (Fsp3) is 0.500. The Morgan fingerprint density at radius 1 is 1.24 bits per heavy atom. The summed E-state index contributed by atoms with van der Waals surface area (Å²) in [5.41, 5.74) is 2.10. The Labute approximate surface area is 124 Å². The summed E-state index contributed by atoms with van der Waals surface area (Å²) in [7, 11) is -3.32. The lowest BCUT2D eigenvalue weighted by atomic mass is 10.1. The van der Waals surface area contributed by atoms with Gasteiger partial charge in [-0.2, -0.15) is 17.8 Å². The molecule has 1 aromatic heterocycles. The quantitative estimate of drug-likeness (QED) is 0.877. The average Bonchev–Trinajstić information content (AvgIpc) is 2.95. The second-order valence-corrected chi connectivity index (χ2v) is 7.16. The maximum Gasteiger partial charge on any atom is 0.279 e. The third kappa shape index (κ3) is 3.42. The van der Waals surface area contributed by atoms with Gasteiger partial charge in [0.15, 0.2) is 0 Å². The maximum absolute atomic E-state index is 12.1. The molecule has 0 saturated carbocycles. The van der Waals surface area contributed by atoms with Gasteiger partial charge >= 0.3 is 0 Å². The maximum atomic E-state index is 12.1. The Balaban J connectivity index is 1.57.